The zero-order valence-electron chi connectivity index (χ0n) is 14.1. The fourth-order valence-electron chi connectivity index (χ4n) is 4.05. The third-order valence-corrected chi connectivity index (χ3v) is 5.54. The lowest BCUT2D eigenvalue weighted by atomic mass is 9.89. The number of rotatable bonds is 7. The van der Waals surface area contributed by atoms with Gasteiger partial charge in [-0.25, -0.2) is 0 Å². The Labute approximate surface area is 130 Å². The van der Waals surface area contributed by atoms with E-state index in [0.717, 1.165) is 50.9 Å². The van der Waals surface area contributed by atoms with Crippen LogP contribution >= 0.6 is 0 Å². The van der Waals surface area contributed by atoms with E-state index in [1.807, 2.05) is 0 Å². The molecule has 0 aromatic rings. The number of hydrogen-bond acceptors (Lipinski definition) is 2. The summed E-state index contributed by atoms with van der Waals surface area (Å²) in [6, 6.07) is 0. The highest BCUT2D eigenvalue weighted by atomic mass is 16.2. The molecule has 0 radical (unpaired) electrons. The largest absolute Gasteiger partial charge is 0.342 e. The number of amides is 1. The summed E-state index contributed by atoms with van der Waals surface area (Å²) in [6.45, 7) is 8.49. The van der Waals surface area contributed by atoms with Crippen molar-refractivity contribution in [3.05, 3.63) is 0 Å². The maximum absolute atomic E-state index is 12.7. The molecule has 3 nitrogen and oxygen atoms in total. The van der Waals surface area contributed by atoms with Gasteiger partial charge in [0.2, 0.25) is 5.91 Å². The zero-order chi connectivity index (χ0) is 15.1. The normalized spacial score (nSPS) is 22.7. The van der Waals surface area contributed by atoms with Crippen molar-refractivity contribution < 1.29 is 4.79 Å². The Morgan fingerprint density at radius 1 is 1.10 bits per heavy atom. The van der Waals surface area contributed by atoms with E-state index in [1.165, 1.54) is 38.5 Å². The van der Waals surface area contributed by atoms with Gasteiger partial charge < -0.3 is 10.2 Å². The van der Waals surface area contributed by atoms with Crippen molar-refractivity contribution in [2.24, 2.45) is 17.8 Å². The topological polar surface area (TPSA) is 32.3 Å². The predicted octanol–water partition coefficient (Wildman–Crippen LogP) is 3.44. The number of likely N-dealkylation sites (tertiary alicyclic amines) is 1. The van der Waals surface area contributed by atoms with Crippen molar-refractivity contribution in [2.45, 2.75) is 65.2 Å². The first-order valence-electron chi connectivity index (χ1n) is 9.24. The van der Waals surface area contributed by atoms with Gasteiger partial charge in [-0.15, -0.1) is 0 Å². The molecule has 1 unspecified atom stereocenters. The molecule has 2 rings (SSSR count). The van der Waals surface area contributed by atoms with E-state index in [9.17, 15) is 4.79 Å². The maximum atomic E-state index is 12.7. The van der Waals surface area contributed by atoms with Crippen molar-refractivity contribution >= 4 is 5.91 Å². The third kappa shape index (κ3) is 4.98. The summed E-state index contributed by atoms with van der Waals surface area (Å²) in [4.78, 5) is 14.9. The first-order chi connectivity index (χ1) is 10.2. The Bertz CT molecular complexity index is 304. The van der Waals surface area contributed by atoms with E-state index in [4.69, 9.17) is 0 Å². The van der Waals surface area contributed by atoms with Crippen LogP contribution in [0.5, 0.6) is 0 Å². The minimum Gasteiger partial charge on any atom is -0.342 e. The molecule has 0 aromatic heterocycles. The first kappa shape index (κ1) is 16.8. The molecule has 1 saturated heterocycles. The number of piperidine rings is 1. The van der Waals surface area contributed by atoms with E-state index in [1.54, 1.807) is 0 Å². The maximum Gasteiger partial charge on any atom is 0.225 e. The van der Waals surface area contributed by atoms with Crippen LogP contribution in [0, 0.1) is 17.8 Å². The molecule has 1 amide bonds. The van der Waals surface area contributed by atoms with Crippen molar-refractivity contribution in [3.63, 3.8) is 0 Å². The molecule has 3 heteroatoms. The second-order valence-corrected chi connectivity index (χ2v) is 7.07. The molecule has 1 aliphatic carbocycles. The average molecular weight is 294 g/mol. The van der Waals surface area contributed by atoms with Crippen LogP contribution in [0.25, 0.3) is 0 Å². The second kappa shape index (κ2) is 8.77. The molecule has 21 heavy (non-hydrogen) atoms. The van der Waals surface area contributed by atoms with E-state index in [-0.39, 0.29) is 0 Å². The van der Waals surface area contributed by atoms with Crippen LogP contribution in [-0.4, -0.2) is 37.0 Å². The highest BCUT2D eigenvalue weighted by molar-refractivity contribution is 5.78. The lowest BCUT2D eigenvalue weighted by Crippen LogP contribution is -2.43. The number of nitrogens with one attached hydrogen (secondary N) is 1. The van der Waals surface area contributed by atoms with Crippen molar-refractivity contribution in [1.82, 2.24) is 10.2 Å². The average Bonchev–Trinajstić information content (AvgIpc) is 3.03. The van der Waals surface area contributed by atoms with Gasteiger partial charge in [0.25, 0.3) is 0 Å². The summed E-state index contributed by atoms with van der Waals surface area (Å²) in [5, 5.41) is 3.44. The lowest BCUT2D eigenvalue weighted by Gasteiger charge is -2.34. The summed E-state index contributed by atoms with van der Waals surface area (Å²) in [7, 11) is 0. The van der Waals surface area contributed by atoms with Gasteiger partial charge in [-0.05, 0) is 50.6 Å². The molecule has 122 valence electrons. The molecule has 2 aliphatic rings. The van der Waals surface area contributed by atoms with Gasteiger partial charge in [-0.1, -0.05) is 39.5 Å². The van der Waals surface area contributed by atoms with Gasteiger partial charge in [0.15, 0.2) is 0 Å². The Kier molecular flexibility index (Phi) is 7.01. The number of hydrogen-bond donors (Lipinski definition) is 1. The minimum absolute atomic E-state index is 0.290. The molecule has 0 spiro atoms. The van der Waals surface area contributed by atoms with Gasteiger partial charge in [0.05, 0.1) is 0 Å². The smallest absolute Gasteiger partial charge is 0.225 e. The molecule has 1 atom stereocenters. The third-order valence-electron chi connectivity index (χ3n) is 5.54. The lowest BCUT2D eigenvalue weighted by molar-refractivity contribution is -0.137. The molecule has 1 aliphatic heterocycles. The monoisotopic (exact) mass is 294 g/mol. The molecule has 0 aromatic carbocycles. The van der Waals surface area contributed by atoms with Crippen LogP contribution < -0.4 is 5.32 Å². The van der Waals surface area contributed by atoms with E-state index in [2.05, 4.69) is 24.1 Å². The first-order valence-corrected chi connectivity index (χ1v) is 9.24. The molecule has 1 N–H and O–H groups in total. The second-order valence-electron chi connectivity index (χ2n) is 7.07. The highest BCUT2D eigenvalue weighted by Crippen LogP contribution is 2.32. The van der Waals surface area contributed by atoms with Gasteiger partial charge in [-0.2, -0.15) is 0 Å². The molecule has 0 bridgehead atoms. The fraction of sp³-hybridized carbons (Fsp3) is 0.944. The van der Waals surface area contributed by atoms with Gasteiger partial charge in [0, 0.05) is 19.0 Å². The Morgan fingerprint density at radius 2 is 1.76 bits per heavy atom. The molecule has 2 fully saturated rings. The molecular weight excluding hydrogens is 260 g/mol. The standard InChI is InChI=1S/C18H34N2O/c1-3-17(13-15-7-5-6-8-15)18(21)20-11-9-16(10-12-20)14-19-4-2/h15-17,19H,3-14H2,1-2H3. The van der Waals surface area contributed by atoms with Crippen molar-refractivity contribution in [2.75, 3.05) is 26.2 Å². The number of nitrogens with zero attached hydrogens (tertiary/aromatic N) is 1. The van der Waals surface area contributed by atoms with Crippen molar-refractivity contribution in [3.8, 4) is 0 Å². The van der Waals surface area contributed by atoms with E-state index < -0.39 is 0 Å². The number of carbonyl (C=O) groups excluding carboxylic acids is 1. The van der Waals surface area contributed by atoms with Gasteiger partial charge >= 0.3 is 0 Å². The summed E-state index contributed by atoms with van der Waals surface area (Å²) in [5.74, 6) is 2.33. The molecule has 1 saturated carbocycles. The van der Waals surface area contributed by atoms with E-state index in [0.29, 0.717) is 11.8 Å². The summed E-state index contributed by atoms with van der Waals surface area (Å²) >= 11 is 0. The highest BCUT2D eigenvalue weighted by Gasteiger charge is 2.29. The van der Waals surface area contributed by atoms with Gasteiger partial charge in [-0.3, -0.25) is 4.79 Å². The number of carbonyl (C=O) groups is 1. The summed E-state index contributed by atoms with van der Waals surface area (Å²) in [6.07, 6.45) is 10.00. The quantitative estimate of drug-likeness (QED) is 0.780. The van der Waals surface area contributed by atoms with Crippen LogP contribution in [0.4, 0.5) is 0 Å². The zero-order valence-corrected chi connectivity index (χ0v) is 14.1. The summed E-state index contributed by atoms with van der Waals surface area (Å²) in [5.41, 5.74) is 0. The Balaban J connectivity index is 1.76. The predicted molar refractivity (Wildman–Crippen MR) is 88.2 cm³/mol. The van der Waals surface area contributed by atoms with Crippen molar-refractivity contribution in [1.29, 1.82) is 0 Å². The van der Waals surface area contributed by atoms with Gasteiger partial charge in [0.1, 0.15) is 0 Å². The van der Waals surface area contributed by atoms with Crippen LogP contribution in [0.1, 0.15) is 65.2 Å². The van der Waals surface area contributed by atoms with Crippen LogP contribution in [-0.2, 0) is 4.79 Å². The van der Waals surface area contributed by atoms with E-state index >= 15 is 0 Å². The minimum atomic E-state index is 0.290. The fourth-order valence-corrected chi connectivity index (χ4v) is 4.05. The molecule has 1 heterocycles. The Hall–Kier alpha value is -0.570. The van der Waals surface area contributed by atoms with Crippen LogP contribution in [0.15, 0.2) is 0 Å². The SMILES string of the molecule is CCNCC1CCN(C(=O)C(CC)CC2CCCC2)CC1. The molecular formula is C18H34N2O. The Morgan fingerprint density at radius 3 is 2.33 bits per heavy atom. The van der Waals surface area contributed by atoms with Crippen LogP contribution in [0.2, 0.25) is 0 Å². The van der Waals surface area contributed by atoms with Crippen LogP contribution in [0.3, 0.4) is 0 Å². The summed E-state index contributed by atoms with van der Waals surface area (Å²) < 4.78 is 0.